The number of aromatic nitrogens is 6. The molecule has 0 unspecified atom stereocenters. The molecule has 3 heterocycles. The lowest BCUT2D eigenvalue weighted by atomic mass is 10.1. The van der Waals surface area contributed by atoms with E-state index in [1.807, 2.05) is 43.7 Å². The second-order valence-corrected chi connectivity index (χ2v) is 8.59. The molecule has 4 aromatic rings. The first-order valence-electron chi connectivity index (χ1n) is 10.2. The van der Waals surface area contributed by atoms with E-state index in [0.717, 1.165) is 28.3 Å². The van der Waals surface area contributed by atoms with Crippen molar-refractivity contribution in [2.75, 3.05) is 11.1 Å². The highest BCUT2D eigenvalue weighted by molar-refractivity contribution is 7.99. The van der Waals surface area contributed by atoms with Crippen LogP contribution in [0.1, 0.15) is 22.5 Å². The first-order chi connectivity index (χ1) is 15.3. The predicted molar refractivity (Wildman–Crippen MR) is 126 cm³/mol. The van der Waals surface area contributed by atoms with Crippen LogP contribution in [0.25, 0.3) is 17.1 Å². The van der Waals surface area contributed by atoms with Gasteiger partial charge in [0.2, 0.25) is 5.91 Å². The number of carbonyl (C=O) groups excluding carboxylic acids is 1. The minimum atomic E-state index is -0.116. The lowest BCUT2D eigenvalue weighted by Gasteiger charge is -2.12. The smallest absolute Gasteiger partial charge is 0.234 e. The summed E-state index contributed by atoms with van der Waals surface area (Å²) in [6.45, 7) is 7.97. The van der Waals surface area contributed by atoms with Gasteiger partial charge in [0.05, 0.1) is 28.5 Å². The van der Waals surface area contributed by atoms with Gasteiger partial charge in [0, 0.05) is 25.0 Å². The minimum Gasteiger partial charge on any atom is -0.322 e. The molecule has 32 heavy (non-hydrogen) atoms. The summed E-state index contributed by atoms with van der Waals surface area (Å²) in [7, 11) is 1.86. The van der Waals surface area contributed by atoms with E-state index in [4.69, 9.17) is 0 Å². The Morgan fingerprint density at radius 3 is 2.44 bits per heavy atom. The van der Waals surface area contributed by atoms with Gasteiger partial charge in [-0.15, -0.1) is 10.2 Å². The molecule has 0 aliphatic heterocycles. The maximum Gasteiger partial charge on any atom is 0.234 e. The Balaban J connectivity index is 1.63. The monoisotopic (exact) mass is 447 g/mol. The van der Waals surface area contributed by atoms with Gasteiger partial charge < -0.3 is 5.32 Å². The maximum atomic E-state index is 12.7. The summed E-state index contributed by atoms with van der Waals surface area (Å²) in [6, 6.07) is 10.0. The normalized spacial score (nSPS) is 11.0. The fourth-order valence-electron chi connectivity index (χ4n) is 3.41. The van der Waals surface area contributed by atoms with Crippen molar-refractivity contribution in [2.24, 2.45) is 7.05 Å². The summed E-state index contributed by atoms with van der Waals surface area (Å²) in [5, 5.41) is 16.8. The van der Waals surface area contributed by atoms with E-state index >= 15 is 0 Å². The third-order valence-electron chi connectivity index (χ3n) is 5.43. The first-order valence-corrected chi connectivity index (χ1v) is 11.2. The molecule has 0 fully saturated rings. The molecule has 0 bridgehead atoms. The van der Waals surface area contributed by atoms with E-state index in [1.54, 1.807) is 17.1 Å². The number of carbonyl (C=O) groups is 1. The van der Waals surface area contributed by atoms with E-state index in [-0.39, 0.29) is 11.7 Å². The highest BCUT2D eigenvalue weighted by Crippen LogP contribution is 2.29. The van der Waals surface area contributed by atoms with Crippen LogP contribution in [0, 0.1) is 27.7 Å². The molecule has 0 aliphatic rings. The molecule has 4 rings (SSSR count). The van der Waals surface area contributed by atoms with Gasteiger partial charge in [-0.3, -0.25) is 19.0 Å². The molecule has 1 N–H and O–H groups in total. The number of rotatable bonds is 6. The Kier molecular flexibility index (Phi) is 6.09. The Morgan fingerprint density at radius 2 is 1.78 bits per heavy atom. The van der Waals surface area contributed by atoms with Crippen molar-refractivity contribution < 1.29 is 4.79 Å². The van der Waals surface area contributed by atoms with Crippen molar-refractivity contribution in [1.82, 2.24) is 29.5 Å². The molecule has 0 radical (unpaired) electrons. The quantitative estimate of drug-likeness (QED) is 0.449. The fourth-order valence-corrected chi connectivity index (χ4v) is 4.16. The van der Waals surface area contributed by atoms with E-state index in [1.165, 1.54) is 22.9 Å². The second kappa shape index (κ2) is 8.96. The van der Waals surface area contributed by atoms with Crippen LogP contribution in [0.4, 0.5) is 5.69 Å². The highest BCUT2D eigenvalue weighted by atomic mass is 32.2. The molecule has 3 aromatic heterocycles. The predicted octanol–water partition coefficient (Wildman–Crippen LogP) is 4.03. The van der Waals surface area contributed by atoms with Crippen LogP contribution in [-0.4, -0.2) is 41.2 Å². The van der Waals surface area contributed by atoms with Gasteiger partial charge in [-0.1, -0.05) is 17.8 Å². The van der Waals surface area contributed by atoms with Gasteiger partial charge in [0.1, 0.15) is 0 Å². The molecular weight excluding hydrogens is 422 g/mol. The van der Waals surface area contributed by atoms with Crippen LogP contribution in [0.3, 0.4) is 0 Å². The number of hydrogen-bond acceptors (Lipinski definition) is 6. The van der Waals surface area contributed by atoms with Crippen LogP contribution in [-0.2, 0) is 11.8 Å². The highest BCUT2D eigenvalue weighted by Gasteiger charge is 2.19. The number of aryl methyl sites for hydroxylation is 4. The largest absolute Gasteiger partial charge is 0.322 e. The van der Waals surface area contributed by atoms with Crippen molar-refractivity contribution >= 4 is 23.4 Å². The van der Waals surface area contributed by atoms with Gasteiger partial charge >= 0.3 is 0 Å². The van der Waals surface area contributed by atoms with Gasteiger partial charge in [-0.25, -0.2) is 0 Å². The molecule has 0 saturated heterocycles. The second-order valence-electron chi connectivity index (χ2n) is 7.65. The zero-order valence-corrected chi connectivity index (χ0v) is 19.6. The standard InChI is InChI=1S/C23H25N7OS/c1-14-6-7-19(12-15(14)2)30-22(18-8-10-24-11-9-18)26-27-23(30)32-13-20(31)25-21-16(3)28-29(5)17(21)4/h6-12H,13H2,1-5H3,(H,25,31). The van der Waals surface area contributed by atoms with Crippen molar-refractivity contribution in [3.05, 3.63) is 65.2 Å². The van der Waals surface area contributed by atoms with Crippen molar-refractivity contribution in [3.8, 4) is 17.1 Å². The summed E-state index contributed by atoms with van der Waals surface area (Å²) < 4.78 is 3.75. The molecule has 0 aliphatic carbocycles. The van der Waals surface area contributed by atoms with E-state index in [0.29, 0.717) is 11.0 Å². The molecule has 0 spiro atoms. The van der Waals surface area contributed by atoms with Crippen LogP contribution in [0.2, 0.25) is 0 Å². The Bertz CT molecular complexity index is 1280. The third-order valence-corrected chi connectivity index (χ3v) is 6.36. The summed E-state index contributed by atoms with van der Waals surface area (Å²) in [5.41, 5.74) is 6.71. The lowest BCUT2D eigenvalue weighted by Crippen LogP contribution is -2.15. The number of amides is 1. The zero-order valence-electron chi connectivity index (χ0n) is 18.7. The first kappa shape index (κ1) is 21.8. The Labute approximate surface area is 191 Å². The average molecular weight is 448 g/mol. The number of nitrogens with one attached hydrogen (secondary N) is 1. The molecule has 9 heteroatoms. The molecule has 1 amide bonds. The van der Waals surface area contributed by atoms with Crippen LogP contribution < -0.4 is 5.32 Å². The lowest BCUT2D eigenvalue weighted by molar-refractivity contribution is -0.113. The fraction of sp³-hybridized carbons (Fsp3) is 0.261. The number of thioether (sulfide) groups is 1. The summed E-state index contributed by atoms with van der Waals surface area (Å²) in [6.07, 6.45) is 3.46. The summed E-state index contributed by atoms with van der Waals surface area (Å²) in [4.78, 5) is 16.8. The van der Waals surface area contributed by atoms with Crippen LogP contribution in [0.15, 0.2) is 47.9 Å². The summed E-state index contributed by atoms with van der Waals surface area (Å²) in [5.74, 6) is 0.791. The van der Waals surface area contributed by atoms with Gasteiger partial charge in [-0.2, -0.15) is 5.10 Å². The van der Waals surface area contributed by atoms with Crippen molar-refractivity contribution in [3.63, 3.8) is 0 Å². The average Bonchev–Trinajstić information content (AvgIpc) is 3.31. The zero-order chi connectivity index (χ0) is 22.8. The van der Waals surface area contributed by atoms with E-state index in [2.05, 4.69) is 51.6 Å². The Hall–Kier alpha value is -3.46. The van der Waals surface area contributed by atoms with Gasteiger partial charge in [0.15, 0.2) is 11.0 Å². The number of anilines is 1. The van der Waals surface area contributed by atoms with Gasteiger partial charge in [0.25, 0.3) is 0 Å². The van der Waals surface area contributed by atoms with Crippen LogP contribution >= 0.6 is 11.8 Å². The minimum absolute atomic E-state index is 0.116. The van der Waals surface area contributed by atoms with E-state index in [9.17, 15) is 4.79 Å². The molecule has 0 saturated carbocycles. The molecular formula is C23H25N7OS. The molecule has 164 valence electrons. The SMILES string of the molecule is Cc1ccc(-n2c(SCC(=O)Nc3c(C)nn(C)c3C)nnc2-c2ccncc2)cc1C. The maximum absolute atomic E-state index is 12.7. The van der Waals surface area contributed by atoms with Crippen molar-refractivity contribution in [1.29, 1.82) is 0 Å². The number of pyridine rings is 1. The number of nitrogens with zero attached hydrogens (tertiary/aromatic N) is 6. The third kappa shape index (κ3) is 4.29. The van der Waals surface area contributed by atoms with Crippen LogP contribution in [0.5, 0.6) is 0 Å². The summed E-state index contributed by atoms with van der Waals surface area (Å²) >= 11 is 1.35. The molecule has 1 aromatic carbocycles. The van der Waals surface area contributed by atoms with Gasteiger partial charge in [-0.05, 0) is 63.1 Å². The number of hydrogen-bond donors (Lipinski definition) is 1. The number of benzene rings is 1. The Morgan fingerprint density at radius 1 is 1.03 bits per heavy atom. The topological polar surface area (TPSA) is 90.5 Å². The molecule has 0 atom stereocenters. The van der Waals surface area contributed by atoms with Crippen molar-refractivity contribution in [2.45, 2.75) is 32.9 Å². The molecule has 8 nitrogen and oxygen atoms in total. The van der Waals surface area contributed by atoms with E-state index < -0.39 is 0 Å².